The molecule has 4 rings (SSSR count). The molecule has 0 bridgehead atoms. The molecule has 0 aromatic heterocycles. The summed E-state index contributed by atoms with van der Waals surface area (Å²) in [5, 5.41) is 10.1. The van der Waals surface area contributed by atoms with Crippen LogP contribution in [0.5, 0.6) is 11.5 Å². The Bertz CT molecular complexity index is 1480. The summed E-state index contributed by atoms with van der Waals surface area (Å²) < 4.78 is 39.4. The number of hydrogen-bond donors (Lipinski definition) is 1. The third-order valence-electron chi connectivity index (χ3n) is 6.18. The van der Waals surface area contributed by atoms with Crippen molar-refractivity contribution in [1.29, 1.82) is 5.26 Å². The first-order chi connectivity index (χ1) is 17.2. The molecular weight excluding hydrogens is 478 g/mol. The van der Waals surface area contributed by atoms with Crippen LogP contribution in [0.15, 0.2) is 89.1 Å². The van der Waals surface area contributed by atoms with Crippen LogP contribution < -0.4 is 15.2 Å². The minimum atomic E-state index is -4.30. The van der Waals surface area contributed by atoms with Crippen LogP contribution in [-0.2, 0) is 10.0 Å². The van der Waals surface area contributed by atoms with Gasteiger partial charge < -0.3 is 15.2 Å². The van der Waals surface area contributed by atoms with Crippen molar-refractivity contribution in [2.24, 2.45) is 5.73 Å². The van der Waals surface area contributed by atoms with Gasteiger partial charge in [-0.3, -0.25) is 4.79 Å². The molecule has 0 aliphatic carbocycles. The number of benzene rings is 3. The van der Waals surface area contributed by atoms with Crippen molar-refractivity contribution in [2.45, 2.75) is 23.8 Å². The number of nitrogens with two attached hydrogens (primary N) is 1. The van der Waals surface area contributed by atoms with E-state index in [0.29, 0.717) is 22.6 Å². The average molecular weight is 504 g/mol. The summed E-state index contributed by atoms with van der Waals surface area (Å²) in [6.45, 7) is 1.84. The van der Waals surface area contributed by atoms with E-state index in [1.807, 2.05) is 6.92 Å². The zero-order valence-electron chi connectivity index (χ0n) is 20.0. The van der Waals surface area contributed by atoms with E-state index in [4.69, 9.17) is 15.2 Å². The number of rotatable bonds is 7. The molecule has 1 aliphatic rings. The number of nitriles is 1. The fourth-order valence-corrected chi connectivity index (χ4v) is 5.96. The number of nitrogens with zero attached hydrogens (tertiary/aromatic N) is 2. The second kappa shape index (κ2) is 9.76. The first kappa shape index (κ1) is 24.8. The van der Waals surface area contributed by atoms with Gasteiger partial charge in [-0.2, -0.15) is 5.26 Å². The van der Waals surface area contributed by atoms with Crippen LogP contribution >= 0.6 is 0 Å². The van der Waals surface area contributed by atoms with Gasteiger partial charge in [0.05, 0.1) is 36.7 Å². The number of hydrogen-bond acceptors (Lipinski definition) is 7. The lowest BCUT2D eigenvalue weighted by Crippen LogP contribution is -2.45. The van der Waals surface area contributed by atoms with Crippen LogP contribution in [0.3, 0.4) is 0 Å². The highest BCUT2D eigenvalue weighted by Gasteiger charge is 2.50. The molecule has 8 nitrogen and oxygen atoms in total. The van der Waals surface area contributed by atoms with Gasteiger partial charge in [0.1, 0.15) is 11.9 Å². The first-order valence-electron chi connectivity index (χ1n) is 11.1. The largest absolute Gasteiger partial charge is 0.493 e. The van der Waals surface area contributed by atoms with Crippen LogP contribution in [0, 0.1) is 18.3 Å². The lowest BCUT2D eigenvalue weighted by molar-refractivity contribution is 0.0910. The van der Waals surface area contributed by atoms with Gasteiger partial charge in [0.2, 0.25) is 0 Å². The quantitative estimate of drug-likeness (QED) is 0.487. The molecule has 184 valence electrons. The lowest BCUT2D eigenvalue weighted by Gasteiger charge is -2.30. The van der Waals surface area contributed by atoms with Crippen molar-refractivity contribution in [1.82, 2.24) is 4.31 Å². The minimum absolute atomic E-state index is 0.0211. The summed E-state index contributed by atoms with van der Waals surface area (Å²) in [7, 11) is -1.34. The highest BCUT2D eigenvalue weighted by atomic mass is 32.2. The van der Waals surface area contributed by atoms with Crippen LogP contribution in [-0.4, -0.2) is 38.8 Å². The molecule has 3 aromatic rings. The molecule has 0 saturated heterocycles. The number of ketones is 1. The van der Waals surface area contributed by atoms with Gasteiger partial charge >= 0.3 is 0 Å². The van der Waals surface area contributed by atoms with Crippen molar-refractivity contribution >= 4 is 15.8 Å². The zero-order chi connectivity index (χ0) is 26.0. The summed E-state index contributed by atoms with van der Waals surface area (Å²) >= 11 is 0. The fraction of sp³-hybridized carbons (Fsp3) is 0.185. The van der Waals surface area contributed by atoms with Crippen molar-refractivity contribution in [3.63, 3.8) is 0 Å². The maximum absolute atomic E-state index is 13.9. The number of methoxy groups -OCH3 is 2. The van der Waals surface area contributed by atoms with Gasteiger partial charge in [0, 0.05) is 5.56 Å². The predicted octanol–water partition coefficient (Wildman–Crippen LogP) is 3.75. The first-order valence-corrected chi connectivity index (χ1v) is 12.5. The normalized spacial score (nSPS) is 17.6. The Morgan fingerprint density at radius 2 is 1.61 bits per heavy atom. The van der Waals surface area contributed by atoms with E-state index < -0.39 is 27.8 Å². The molecule has 9 heteroatoms. The van der Waals surface area contributed by atoms with E-state index >= 15 is 0 Å². The summed E-state index contributed by atoms with van der Waals surface area (Å²) in [6.07, 6.45) is 0. The molecule has 1 aliphatic heterocycles. The van der Waals surface area contributed by atoms with E-state index in [0.717, 1.165) is 9.87 Å². The third kappa shape index (κ3) is 4.16. The molecule has 2 unspecified atom stereocenters. The molecular formula is C27H25N3O5S. The lowest BCUT2D eigenvalue weighted by atomic mass is 9.84. The van der Waals surface area contributed by atoms with Crippen molar-refractivity contribution in [3.8, 4) is 17.6 Å². The fourth-order valence-electron chi connectivity index (χ4n) is 4.38. The van der Waals surface area contributed by atoms with Crippen LogP contribution in [0.2, 0.25) is 0 Å². The molecule has 0 radical (unpaired) electrons. The Balaban J connectivity index is 1.95. The van der Waals surface area contributed by atoms with E-state index in [1.165, 1.54) is 26.4 Å². The number of aryl methyl sites for hydroxylation is 1. The molecule has 36 heavy (non-hydrogen) atoms. The smallest absolute Gasteiger partial charge is 0.266 e. The second-order valence-corrected chi connectivity index (χ2v) is 10.1. The number of carbonyl (C=O) groups is 1. The van der Waals surface area contributed by atoms with Crippen molar-refractivity contribution in [3.05, 3.63) is 101 Å². The Hall–Kier alpha value is -4.29. The van der Waals surface area contributed by atoms with Gasteiger partial charge in [-0.05, 0) is 36.8 Å². The average Bonchev–Trinajstić information content (AvgIpc) is 3.21. The van der Waals surface area contributed by atoms with Gasteiger partial charge in [0.25, 0.3) is 10.0 Å². The highest BCUT2D eigenvalue weighted by Crippen LogP contribution is 2.45. The molecule has 2 atom stereocenters. The SMILES string of the molecule is COc1ccc(C2C(C#N)=C(N)N(S(=O)(=O)c3ccc(C)cc3)C2C(=O)c2ccccc2)cc1OC. The summed E-state index contributed by atoms with van der Waals surface area (Å²) in [4.78, 5) is 13.9. The monoisotopic (exact) mass is 503 g/mol. The van der Waals surface area contributed by atoms with Crippen molar-refractivity contribution < 1.29 is 22.7 Å². The van der Waals surface area contributed by atoms with Crippen LogP contribution in [0.4, 0.5) is 0 Å². The number of sulfonamides is 1. The van der Waals surface area contributed by atoms with Gasteiger partial charge in [-0.15, -0.1) is 0 Å². The Kier molecular flexibility index (Phi) is 6.73. The minimum Gasteiger partial charge on any atom is -0.493 e. The predicted molar refractivity (Wildman–Crippen MR) is 134 cm³/mol. The van der Waals surface area contributed by atoms with Crippen LogP contribution in [0.1, 0.15) is 27.4 Å². The number of carbonyl (C=O) groups excluding carboxylic acids is 1. The molecule has 1 heterocycles. The zero-order valence-corrected chi connectivity index (χ0v) is 20.8. The standard InChI is InChI=1S/C27H25N3O5S/c1-17-9-12-20(13-10-17)36(32,33)30-25(26(31)18-7-5-4-6-8-18)24(21(16-28)27(30)29)19-11-14-22(34-2)23(15-19)35-3/h4-15,24-25H,29H2,1-3H3. The second-order valence-electron chi connectivity index (χ2n) is 8.29. The molecule has 0 saturated carbocycles. The number of ether oxygens (including phenoxy) is 2. The Morgan fingerprint density at radius 1 is 0.972 bits per heavy atom. The third-order valence-corrected chi connectivity index (χ3v) is 7.99. The molecule has 3 aromatic carbocycles. The topological polar surface area (TPSA) is 123 Å². The molecule has 0 amide bonds. The molecule has 0 fully saturated rings. The van der Waals surface area contributed by atoms with E-state index in [9.17, 15) is 18.5 Å². The van der Waals surface area contributed by atoms with Gasteiger partial charge in [-0.1, -0.05) is 54.1 Å². The Labute approximate surface area is 210 Å². The molecule has 2 N–H and O–H groups in total. The maximum Gasteiger partial charge on any atom is 0.266 e. The number of Topliss-reactive ketones (excluding diaryl/α,β-unsaturated/α-hetero) is 1. The van der Waals surface area contributed by atoms with E-state index in [1.54, 1.807) is 60.7 Å². The molecule has 0 spiro atoms. The summed E-state index contributed by atoms with van der Waals surface area (Å²) in [6, 6.07) is 20.2. The Morgan fingerprint density at radius 3 is 2.19 bits per heavy atom. The van der Waals surface area contributed by atoms with Crippen molar-refractivity contribution in [2.75, 3.05) is 14.2 Å². The van der Waals surface area contributed by atoms with E-state index in [2.05, 4.69) is 6.07 Å². The highest BCUT2D eigenvalue weighted by molar-refractivity contribution is 7.89. The summed E-state index contributed by atoms with van der Waals surface area (Å²) in [5.74, 6) is -0.921. The van der Waals surface area contributed by atoms with Gasteiger partial charge in [-0.25, -0.2) is 12.7 Å². The van der Waals surface area contributed by atoms with Crippen LogP contribution in [0.25, 0.3) is 0 Å². The van der Waals surface area contributed by atoms with Gasteiger partial charge in [0.15, 0.2) is 17.3 Å². The summed E-state index contributed by atoms with van der Waals surface area (Å²) in [5.41, 5.74) is 7.98. The van der Waals surface area contributed by atoms with E-state index in [-0.39, 0.29) is 16.3 Å². The maximum atomic E-state index is 13.9.